The van der Waals surface area contributed by atoms with Crippen LogP contribution in [0, 0.1) is 5.82 Å². The second-order valence-electron chi connectivity index (χ2n) is 7.85. The van der Waals surface area contributed by atoms with Gasteiger partial charge in [0.15, 0.2) is 0 Å². The largest absolute Gasteiger partial charge is 0.465 e. The molecule has 0 unspecified atom stereocenters. The maximum absolute atomic E-state index is 14.9. The van der Waals surface area contributed by atoms with Crippen LogP contribution in [0.4, 0.5) is 20.6 Å². The van der Waals surface area contributed by atoms with E-state index >= 15 is 0 Å². The minimum atomic E-state index is -0.577. The number of piperazine rings is 1. The third-order valence-corrected chi connectivity index (χ3v) is 5.56. The normalized spacial score (nSPS) is 18.7. The van der Waals surface area contributed by atoms with Crippen LogP contribution in [0.3, 0.4) is 0 Å². The van der Waals surface area contributed by atoms with Gasteiger partial charge in [-0.15, -0.1) is 0 Å². The number of hydrogen-bond donors (Lipinski definition) is 1. The number of amides is 3. The molecule has 9 nitrogen and oxygen atoms in total. The van der Waals surface area contributed by atoms with Gasteiger partial charge in [0.2, 0.25) is 11.8 Å². The maximum atomic E-state index is 14.9. The van der Waals surface area contributed by atoms with Crippen molar-refractivity contribution in [1.29, 1.82) is 0 Å². The summed E-state index contributed by atoms with van der Waals surface area (Å²) < 4.78 is 25.3. The first-order chi connectivity index (χ1) is 15.9. The third kappa shape index (κ3) is 5.33. The highest BCUT2D eigenvalue weighted by Gasteiger charge is 2.33. The summed E-state index contributed by atoms with van der Waals surface area (Å²) in [4.78, 5) is 40.5. The molecule has 0 aliphatic carbocycles. The molecule has 4 rings (SSSR count). The third-order valence-electron chi connectivity index (χ3n) is 5.56. The van der Waals surface area contributed by atoms with Crippen molar-refractivity contribution in [3.05, 3.63) is 54.2 Å². The minimum absolute atomic E-state index is 0.122. The molecule has 1 N–H and O–H groups in total. The Hall–Kier alpha value is -3.82. The van der Waals surface area contributed by atoms with Crippen molar-refractivity contribution < 1.29 is 27.9 Å². The topological polar surface area (TPSA) is 95.3 Å². The molecule has 3 amide bonds. The number of carbonyl (C=O) groups is 3. The number of halogens is 1. The van der Waals surface area contributed by atoms with Crippen LogP contribution in [0.25, 0.3) is 6.08 Å². The Bertz CT molecular complexity index is 1050. The molecule has 1 aromatic carbocycles. The van der Waals surface area contributed by atoms with Crippen molar-refractivity contribution in [3.63, 3.8) is 0 Å². The number of furan rings is 1. The van der Waals surface area contributed by atoms with Gasteiger partial charge in [0.1, 0.15) is 17.7 Å². The lowest BCUT2D eigenvalue weighted by Crippen LogP contribution is -2.48. The molecule has 0 saturated carbocycles. The summed E-state index contributed by atoms with van der Waals surface area (Å²) in [6.07, 6.45) is 3.57. The van der Waals surface area contributed by atoms with E-state index in [2.05, 4.69) is 5.32 Å². The summed E-state index contributed by atoms with van der Waals surface area (Å²) in [5, 5.41) is 2.61. The zero-order chi connectivity index (χ0) is 23.4. The lowest BCUT2D eigenvalue weighted by atomic mass is 10.2. The highest BCUT2D eigenvalue weighted by atomic mass is 19.1. The van der Waals surface area contributed by atoms with Crippen LogP contribution in [-0.2, 0) is 14.3 Å². The highest BCUT2D eigenvalue weighted by molar-refractivity contribution is 5.92. The first-order valence-electron chi connectivity index (χ1n) is 10.7. The van der Waals surface area contributed by atoms with Gasteiger partial charge < -0.3 is 24.3 Å². The Morgan fingerprint density at radius 2 is 2.00 bits per heavy atom. The van der Waals surface area contributed by atoms with Crippen LogP contribution >= 0.6 is 0 Å². The molecule has 2 fully saturated rings. The first-order valence-corrected chi connectivity index (χ1v) is 10.7. The molecular formula is C23H25FN4O5. The van der Waals surface area contributed by atoms with E-state index in [1.807, 2.05) is 4.90 Å². The molecule has 0 radical (unpaired) electrons. The fourth-order valence-corrected chi connectivity index (χ4v) is 3.83. The fourth-order valence-electron chi connectivity index (χ4n) is 3.83. The minimum Gasteiger partial charge on any atom is -0.465 e. The zero-order valence-electron chi connectivity index (χ0n) is 18.2. The molecule has 0 bridgehead atoms. The van der Waals surface area contributed by atoms with Gasteiger partial charge in [-0.25, -0.2) is 9.18 Å². The molecule has 33 heavy (non-hydrogen) atoms. The number of hydrogen-bond acceptors (Lipinski definition) is 6. The molecule has 0 spiro atoms. The van der Waals surface area contributed by atoms with Gasteiger partial charge in [-0.05, 0) is 36.4 Å². The molecule has 2 aromatic rings. The molecule has 2 aliphatic rings. The highest BCUT2D eigenvalue weighted by Crippen LogP contribution is 2.28. The van der Waals surface area contributed by atoms with Crippen LogP contribution in [0.1, 0.15) is 12.7 Å². The summed E-state index contributed by atoms with van der Waals surface area (Å²) in [5.74, 6) is -0.186. The number of cyclic esters (lactones) is 1. The van der Waals surface area contributed by atoms with Crippen LogP contribution in [0.5, 0.6) is 0 Å². The van der Waals surface area contributed by atoms with Gasteiger partial charge in [0, 0.05) is 39.2 Å². The van der Waals surface area contributed by atoms with Crippen molar-refractivity contribution in [2.45, 2.75) is 13.0 Å². The summed E-state index contributed by atoms with van der Waals surface area (Å²) in [5.41, 5.74) is 0.808. The zero-order valence-corrected chi connectivity index (χ0v) is 18.2. The van der Waals surface area contributed by atoms with E-state index in [0.717, 1.165) is 0 Å². The lowest BCUT2D eigenvalue weighted by molar-refractivity contribution is -0.126. The monoisotopic (exact) mass is 456 g/mol. The standard InChI is InChI=1S/C23H25FN4O5/c1-16(29)25-14-19-15-28(23(31)33-19)17-4-6-21(20(24)13-17)26-8-10-27(11-9-26)22(30)7-5-18-3-2-12-32-18/h2-7,12-13,19H,8-11,14-15H2,1H3,(H,25,29)/t19-/m0/s1. The number of rotatable bonds is 6. The Labute approximate surface area is 190 Å². The van der Waals surface area contributed by atoms with Crippen molar-refractivity contribution in [2.24, 2.45) is 0 Å². The Morgan fingerprint density at radius 1 is 1.21 bits per heavy atom. The van der Waals surface area contributed by atoms with Crippen LogP contribution in [0.2, 0.25) is 0 Å². The number of ether oxygens (including phenoxy) is 1. The first kappa shape index (κ1) is 22.4. The SMILES string of the molecule is CC(=O)NC[C@H]1CN(c2ccc(N3CCN(C(=O)C=Cc4ccco4)CC3)c(F)c2)C(=O)O1. The second-order valence-corrected chi connectivity index (χ2v) is 7.85. The van der Waals surface area contributed by atoms with Gasteiger partial charge in [-0.3, -0.25) is 14.5 Å². The summed E-state index contributed by atoms with van der Waals surface area (Å²) in [6, 6.07) is 8.12. The molecular weight excluding hydrogens is 431 g/mol. The number of anilines is 2. The van der Waals surface area contributed by atoms with Gasteiger partial charge in [0.05, 0.1) is 30.7 Å². The van der Waals surface area contributed by atoms with E-state index in [-0.39, 0.29) is 24.9 Å². The Kier molecular flexibility index (Phi) is 6.62. The molecule has 174 valence electrons. The lowest BCUT2D eigenvalue weighted by Gasteiger charge is -2.36. The van der Waals surface area contributed by atoms with E-state index in [4.69, 9.17) is 9.15 Å². The van der Waals surface area contributed by atoms with Gasteiger partial charge in [0.25, 0.3) is 0 Å². The van der Waals surface area contributed by atoms with Crippen molar-refractivity contribution in [2.75, 3.05) is 49.1 Å². The van der Waals surface area contributed by atoms with Crippen molar-refractivity contribution in [3.8, 4) is 0 Å². The molecule has 1 aromatic heterocycles. The molecule has 10 heteroatoms. The van der Waals surface area contributed by atoms with Gasteiger partial charge in [-0.2, -0.15) is 0 Å². The van der Waals surface area contributed by atoms with E-state index in [0.29, 0.717) is 43.3 Å². The van der Waals surface area contributed by atoms with Crippen LogP contribution in [0.15, 0.2) is 47.1 Å². The van der Waals surface area contributed by atoms with E-state index in [1.54, 1.807) is 41.5 Å². The average Bonchev–Trinajstić information content (AvgIpc) is 3.45. The number of benzene rings is 1. The summed E-state index contributed by atoms with van der Waals surface area (Å²) >= 11 is 0. The molecule has 1 atom stereocenters. The number of carbonyl (C=O) groups excluding carboxylic acids is 3. The van der Waals surface area contributed by atoms with Gasteiger partial charge >= 0.3 is 6.09 Å². The number of nitrogens with zero attached hydrogens (tertiary/aromatic N) is 3. The molecule has 3 heterocycles. The van der Waals surface area contributed by atoms with Crippen molar-refractivity contribution in [1.82, 2.24) is 10.2 Å². The quantitative estimate of drug-likeness (QED) is 0.670. The van der Waals surface area contributed by atoms with E-state index in [9.17, 15) is 18.8 Å². The van der Waals surface area contributed by atoms with Crippen LogP contribution < -0.4 is 15.1 Å². The predicted molar refractivity (Wildman–Crippen MR) is 119 cm³/mol. The molecule has 2 aliphatic heterocycles. The van der Waals surface area contributed by atoms with Crippen LogP contribution in [-0.4, -0.2) is 68.2 Å². The van der Waals surface area contributed by atoms with Gasteiger partial charge in [-0.1, -0.05) is 0 Å². The average molecular weight is 456 g/mol. The smallest absolute Gasteiger partial charge is 0.414 e. The summed E-state index contributed by atoms with van der Waals surface area (Å²) in [6.45, 7) is 3.72. The maximum Gasteiger partial charge on any atom is 0.414 e. The Morgan fingerprint density at radius 3 is 2.67 bits per heavy atom. The fraction of sp³-hybridized carbons (Fsp3) is 0.348. The second kappa shape index (κ2) is 9.76. The summed E-state index contributed by atoms with van der Waals surface area (Å²) in [7, 11) is 0. The number of nitrogens with one attached hydrogen (secondary N) is 1. The molecule has 2 saturated heterocycles. The Balaban J connectivity index is 1.34. The van der Waals surface area contributed by atoms with Crippen molar-refractivity contribution >= 4 is 35.4 Å². The van der Waals surface area contributed by atoms with E-state index < -0.39 is 18.0 Å². The van der Waals surface area contributed by atoms with E-state index in [1.165, 1.54) is 24.0 Å². The predicted octanol–water partition coefficient (Wildman–Crippen LogP) is 2.24.